The van der Waals surface area contributed by atoms with Crippen LogP contribution < -0.4 is 0 Å². The van der Waals surface area contributed by atoms with E-state index in [1.807, 2.05) is 0 Å². The summed E-state index contributed by atoms with van der Waals surface area (Å²) in [4.78, 5) is 12.8. The van der Waals surface area contributed by atoms with Gasteiger partial charge in [0.25, 0.3) is 0 Å². The van der Waals surface area contributed by atoms with Crippen molar-refractivity contribution < 1.29 is 14.6 Å². The van der Waals surface area contributed by atoms with E-state index >= 15 is 0 Å². The highest BCUT2D eigenvalue weighted by Gasteiger charge is 2.19. The maximum Gasteiger partial charge on any atom is 0.329 e. The summed E-state index contributed by atoms with van der Waals surface area (Å²) in [5.41, 5.74) is 0. The summed E-state index contributed by atoms with van der Waals surface area (Å²) < 4.78 is 5.29. The monoisotopic (exact) mass is 229 g/mol. The minimum absolute atomic E-state index is 0.151. The molecule has 1 aliphatic rings. The molecule has 0 atom stereocenters. The predicted molar refractivity (Wildman–Crippen MR) is 62.6 cm³/mol. The van der Waals surface area contributed by atoms with E-state index in [-0.39, 0.29) is 12.7 Å². The Morgan fingerprint density at radius 2 is 2.06 bits per heavy atom. The van der Waals surface area contributed by atoms with E-state index in [1.54, 1.807) is 0 Å². The first kappa shape index (κ1) is 13.5. The summed E-state index contributed by atoms with van der Waals surface area (Å²) >= 11 is 0. The van der Waals surface area contributed by atoms with Gasteiger partial charge in [-0.3, -0.25) is 0 Å². The molecule has 1 saturated heterocycles. The van der Waals surface area contributed by atoms with E-state index in [0.717, 1.165) is 25.9 Å². The average molecular weight is 229 g/mol. The molecule has 0 radical (unpaired) electrons. The van der Waals surface area contributed by atoms with E-state index < -0.39 is 5.97 Å². The molecule has 1 aliphatic heterocycles. The molecule has 0 unspecified atom stereocenters. The summed E-state index contributed by atoms with van der Waals surface area (Å²) in [6, 6.07) is 0. The molecule has 0 aromatic rings. The molecule has 0 aromatic heterocycles. The van der Waals surface area contributed by atoms with Crippen molar-refractivity contribution in [3.05, 3.63) is 0 Å². The highest BCUT2D eigenvalue weighted by molar-refractivity contribution is 5.68. The second kappa shape index (κ2) is 7.63. The zero-order valence-electron chi connectivity index (χ0n) is 10.2. The SMILES string of the molecule is CCCCCN1CCC(OCC(=O)O)CC1. The van der Waals surface area contributed by atoms with Crippen LogP contribution in [0.1, 0.15) is 39.0 Å². The Morgan fingerprint density at radius 1 is 1.38 bits per heavy atom. The van der Waals surface area contributed by atoms with Crippen molar-refractivity contribution >= 4 is 5.97 Å². The van der Waals surface area contributed by atoms with Gasteiger partial charge in [0.1, 0.15) is 6.61 Å². The van der Waals surface area contributed by atoms with Crippen molar-refractivity contribution in [2.75, 3.05) is 26.2 Å². The van der Waals surface area contributed by atoms with Crippen LogP contribution in [0.5, 0.6) is 0 Å². The van der Waals surface area contributed by atoms with Crippen molar-refractivity contribution in [1.29, 1.82) is 0 Å². The van der Waals surface area contributed by atoms with Crippen LogP contribution >= 0.6 is 0 Å². The summed E-state index contributed by atoms with van der Waals surface area (Å²) in [5, 5.41) is 8.50. The quantitative estimate of drug-likeness (QED) is 0.676. The zero-order chi connectivity index (χ0) is 11.8. The Balaban J connectivity index is 2.06. The van der Waals surface area contributed by atoms with Gasteiger partial charge in [-0.25, -0.2) is 4.79 Å². The molecule has 1 rings (SSSR count). The fourth-order valence-corrected chi connectivity index (χ4v) is 2.07. The number of nitrogens with zero attached hydrogens (tertiary/aromatic N) is 1. The molecule has 94 valence electrons. The number of piperidine rings is 1. The molecule has 16 heavy (non-hydrogen) atoms. The highest BCUT2D eigenvalue weighted by atomic mass is 16.5. The molecule has 1 heterocycles. The zero-order valence-corrected chi connectivity index (χ0v) is 10.2. The number of carbonyl (C=O) groups is 1. The number of unbranched alkanes of at least 4 members (excludes halogenated alkanes) is 2. The largest absolute Gasteiger partial charge is 0.480 e. The smallest absolute Gasteiger partial charge is 0.329 e. The maximum atomic E-state index is 10.3. The molecule has 0 saturated carbocycles. The lowest BCUT2D eigenvalue weighted by Gasteiger charge is -2.31. The minimum Gasteiger partial charge on any atom is -0.480 e. The third-order valence-electron chi connectivity index (χ3n) is 3.06. The summed E-state index contributed by atoms with van der Waals surface area (Å²) in [5.74, 6) is -0.870. The Kier molecular flexibility index (Phi) is 6.42. The summed E-state index contributed by atoms with van der Waals surface area (Å²) in [6.45, 7) is 5.34. The van der Waals surface area contributed by atoms with Crippen LogP contribution in [0.3, 0.4) is 0 Å². The molecule has 0 aromatic carbocycles. The van der Waals surface area contributed by atoms with Gasteiger partial charge in [0.2, 0.25) is 0 Å². The van der Waals surface area contributed by atoms with Crippen LogP contribution in [0.25, 0.3) is 0 Å². The predicted octanol–water partition coefficient (Wildman–Crippen LogP) is 1.74. The molecule has 4 nitrogen and oxygen atoms in total. The van der Waals surface area contributed by atoms with Crippen LogP contribution in [0.4, 0.5) is 0 Å². The number of aliphatic carboxylic acids is 1. The third-order valence-corrected chi connectivity index (χ3v) is 3.06. The number of carboxylic acids is 1. The Morgan fingerprint density at radius 3 is 2.62 bits per heavy atom. The summed E-state index contributed by atoms with van der Waals surface area (Å²) in [6.07, 6.45) is 5.93. The topological polar surface area (TPSA) is 49.8 Å². The molecule has 4 heteroatoms. The fourth-order valence-electron chi connectivity index (χ4n) is 2.07. The number of ether oxygens (including phenoxy) is 1. The molecule has 0 amide bonds. The van der Waals surface area contributed by atoms with Crippen LogP contribution in [0.15, 0.2) is 0 Å². The van der Waals surface area contributed by atoms with Crippen LogP contribution in [-0.2, 0) is 9.53 Å². The van der Waals surface area contributed by atoms with E-state index in [0.29, 0.717) is 0 Å². The molecule has 0 bridgehead atoms. The van der Waals surface area contributed by atoms with E-state index in [2.05, 4.69) is 11.8 Å². The van der Waals surface area contributed by atoms with Gasteiger partial charge >= 0.3 is 5.97 Å². The first-order valence-corrected chi connectivity index (χ1v) is 6.28. The highest BCUT2D eigenvalue weighted by Crippen LogP contribution is 2.14. The van der Waals surface area contributed by atoms with Gasteiger partial charge in [0, 0.05) is 13.1 Å². The number of hydrogen-bond donors (Lipinski definition) is 1. The normalized spacial score (nSPS) is 18.8. The Hall–Kier alpha value is -0.610. The molecular formula is C12H23NO3. The maximum absolute atomic E-state index is 10.3. The van der Waals surface area contributed by atoms with E-state index in [1.165, 1.54) is 25.8 Å². The van der Waals surface area contributed by atoms with Gasteiger partial charge in [-0.05, 0) is 25.8 Å². The second-order valence-corrected chi connectivity index (χ2v) is 4.45. The molecule has 0 spiro atoms. The van der Waals surface area contributed by atoms with Gasteiger partial charge in [-0.15, -0.1) is 0 Å². The number of rotatable bonds is 7. The number of hydrogen-bond acceptors (Lipinski definition) is 3. The first-order valence-electron chi connectivity index (χ1n) is 6.28. The van der Waals surface area contributed by atoms with Gasteiger partial charge < -0.3 is 14.7 Å². The third kappa shape index (κ3) is 5.47. The standard InChI is InChI=1S/C12H23NO3/c1-2-3-4-7-13-8-5-11(6-9-13)16-10-12(14)15/h11H,2-10H2,1H3,(H,14,15). The minimum atomic E-state index is -0.870. The first-order chi connectivity index (χ1) is 7.72. The van der Waals surface area contributed by atoms with Gasteiger partial charge in [0.05, 0.1) is 6.10 Å². The molecule has 0 aliphatic carbocycles. The van der Waals surface area contributed by atoms with Gasteiger partial charge in [-0.2, -0.15) is 0 Å². The van der Waals surface area contributed by atoms with Crippen molar-refractivity contribution in [2.24, 2.45) is 0 Å². The molecular weight excluding hydrogens is 206 g/mol. The lowest BCUT2D eigenvalue weighted by Crippen LogP contribution is -2.38. The average Bonchev–Trinajstić information content (AvgIpc) is 2.28. The van der Waals surface area contributed by atoms with Gasteiger partial charge in [0.15, 0.2) is 0 Å². The van der Waals surface area contributed by atoms with E-state index in [4.69, 9.17) is 9.84 Å². The van der Waals surface area contributed by atoms with Crippen LogP contribution in [0, 0.1) is 0 Å². The molecule has 1 N–H and O–H groups in total. The fraction of sp³-hybridized carbons (Fsp3) is 0.917. The van der Waals surface area contributed by atoms with Crippen LogP contribution in [0.2, 0.25) is 0 Å². The number of likely N-dealkylation sites (tertiary alicyclic amines) is 1. The molecule has 1 fully saturated rings. The van der Waals surface area contributed by atoms with E-state index in [9.17, 15) is 4.79 Å². The lowest BCUT2D eigenvalue weighted by atomic mass is 10.1. The van der Waals surface area contributed by atoms with Crippen molar-refractivity contribution in [2.45, 2.75) is 45.1 Å². The summed E-state index contributed by atoms with van der Waals surface area (Å²) in [7, 11) is 0. The Bertz CT molecular complexity index is 200. The second-order valence-electron chi connectivity index (χ2n) is 4.45. The van der Waals surface area contributed by atoms with Crippen molar-refractivity contribution in [3.8, 4) is 0 Å². The van der Waals surface area contributed by atoms with Crippen LogP contribution in [-0.4, -0.2) is 48.3 Å². The lowest BCUT2D eigenvalue weighted by molar-refractivity contribution is -0.145. The Labute approximate surface area is 97.6 Å². The number of carboxylic acid groups (broad SMARTS) is 1. The van der Waals surface area contributed by atoms with Crippen molar-refractivity contribution in [1.82, 2.24) is 4.90 Å². The van der Waals surface area contributed by atoms with Crippen molar-refractivity contribution in [3.63, 3.8) is 0 Å². The van der Waals surface area contributed by atoms with Gasteiger partial charge in [-0.1, -0.05) is 19.8 Å².